The van der Waals surface area contributed by atoms with E-state index in [0.717, 1.165) is 76.5 Å². The normalized spacial score (nSPS) is 25.8. The Hall–Kier alpha value is -1.63. The Bertz CT molecular complexity index is 784. The second kappa shape index (κ2) is 7.65. The summed E-state index contributed by atoms with van der Waals surface area (Å²) in [6.07, 6.45) is 8.89. The molecular formula is C22H32N4O2. The zero-order valence-electron chi connectivity index (χ0n) is 17.0. The summed E-state index contributed by atoms with van der Waals surface area (Å²) in [5.74, 6) is 2.07. The minimum atomic E-state index is 0.114. The lowest BCUT2D eigenvalue weighted by molar-refractivity contribution is -0.00250. The molecule has 0 unspecified atom stereocenters. The van der Waals surface area contributed by atoms with E-state index in [1.165, 1.54) is 24.2 Å². The third-order valence-electron chi connectivity index (χ3n) is 7.02. The lowest BCUT2D eigenvalue weighted by atomic mass is 9.78. The van der Waals surface area contributed by atoms with E-state index in [1.807, 2.05) is 6.33 Å². The molecule has 2 aromatic heterocycles. The number of furan rings is 1. The lowest BCUT2D eigenvalue weighted by Crippen LogP contribution is -2.56. The number of H-pyrrole nitrogens is 1. The maximum absolute atomic E-state index is 6.15. The van der Waals surface area contributed by atoms with Crippen LogP contribution in [-0.2, 0) is 23.2 Å². The van der Waals surface area contributed by atoms with E-state index in [2.05, 4.69) is 33.8 Å². The van der Waals surface area contributed by atoms with E-state index in [9.17, 15) is 0 Å². The summed E-state index contributed by atoms with van der Waals surface area (Å²) in [5, 5.41) is 0. The van der Waals surface area contributed by atoms with Crippen LogP contribution in [-0.4, -0.2) is 52.6 Å². The first kappa shape index (κ1) is 18.4. The highest BCUT2D eigenvalue weighted by Crippen LogP contribution is 2.42. The molecule has 1 atom stereocenters. The van der Waals surface area contributed by atoms with Crippen LogP contribution in [0.4, 0.5) is 0 Å². The largest absolute Gasteiger partial charge is 0.462 e. The van der Waals surface area contributed by atoms with Gasteiger partial charge >= 0.3 is 0 Å². The Morgan fingerprint density at radius 3 is 2.89 bits per heavy atom. The van der Waals surface area contributed by atoms with Gasteiger partial charge in [0.2, 0.25) is 0 Å². The van der Waals surface area contributed by atoms with Gasteiger partial charge in [-0.15, -0.1) is 0 Å². The van der Waals surface area contributed by atoms with Gasteiger partial charge in [0.15, 0.2) is 0 Å². The minimum absolute atomic E-state index is 0.114. The number of nitrogens with zero attached hydrogens (tertiary/aromatic N) is 3. The monoisotopic (exact) mass is 384 g/mol. The fourth-order valence-corrected chi connectivity index (χ4v) is 5.46. The van der Waals surface area contributed by atoms with Crippen molar-refractivity contribution in [1.29, 1.82) is 0 Å². The van der Waals surface area contributed by atoms with Crippen LogP contribution >= 0.6 is 0 Å². The second-order valence-electron chi connectivity index (χ2n) is 8.53. The fraction of sp³-hybridized carbons (Fsp3) is 0.682. The highest BCUT2D eigenvalue weighted by molar-refractivity contribution is 5.26. The number of fused-ring (bicyclic) bond motifs is 2. The molecule has 0 radical (unpaired) electrons. The number of hydrogen-bond acceptors (Lipinski definition) is 5. The predicted octanol–water partition coefficient (Wildman–Crippen LogP) is 3.61. The average molecular weight is 385 g/mol. The molecule has 3 aliphatic rings. The van der Waals surface area contributed by atoms with Crippen LogP contribution in [0.25, 0.3) is 0 Å². The van der Waals surface area contributed by atoms with Crippen LogP contribution in [0.1, 0.15) is 68.0 Å². The molecule has 6 nitrogen and oxygen atoms in total. The first-order valence-electron chi connectivity index (χ1n) is 11.0. The van der Waals surface area contributed by atoms with Crippen molar-refractivity contribution in [3.05, 3.63) is 41.4 Å². The molecule has 0 aromatic carbocycles. The van der Waals surface area contributed by atoms with Crippen LogP contribution in [0.2, 0.25) is 0 Å². The van der Waals surface area contributed by atoms with Gasteiger partial charge in [0.25, 0.3) is 0 Å². The van der Waals surface area contributed by atoms with Crippen molar-refractivity contribution >= 4 is 0 Å². The number of likely N-dealkylation sites (tertiary alicyclic amines) is 1. The van der Waals surface area contributed by atoms with Crippen molar-refractivity contribution in [2.45, 2.75) is 63.6 Å². The Balaban J connectivity index is 1.25. The van der Waals surface area contributed by atoms with E-state index in [0.29, 0.717) is 0 Å². The van der Waals surface area contributed by atoms with E-state index < -0.39 is 0 Å². The molecule has 0 amide bonds. The molecule has 1 N–H and O–H groups in total. The number of hydrogen-bond donors (Lipinski definition) is 1. The first-order valence-corrected chi connectivity index (χ1v) is 11.0. The number of aromatic amines is 1. The molecule has 0 saturated carbocycles. The van der Waals surface area contributed by atoms with Gasteiger partial charge < -0.3 is 14.1 Å². The molecule has 5 heterocycles. The van der Waals surface area contributed by atoms with Crippen molar-refractivity contribution in [3.8, 4) is 0 Å². The molecule has 2 saturated heterocycles. The van der Waals surface area contributed by atoms with Gasteiger partial charge in [0.1, 0.15) is 17.6 Å². The van der Waals surface area contributed by atoms with E-state index in [4.69, 9.17) is 14.1 Å². The van der Waals surface area contributed by atoms with Crippen LogP contribution in [0, 0.1) is 0 Å². The number of imidazole rings is 1. The number of piperidine rings is 1. The minimum Gasteiger partial charge on any atom is -0.462 e. The van der Waals surface area contributed by atoms with Crippen molar-refractivity contribution < 1.29 is 9.15 Å². The molecule has 0 bridgehead atoms. The Morgan fingerprint density at radius 2 is 2.11 bits per heavy atom. The number of rotatable bonds is 4. The number of aromatic nitrogens is 2. The number of ether oxygens (including phenoxy) is 1. The van der Waals surface area contributed by atoms with Crippen LogP contribution in [0.15, 0.2) is 22.9 Å². The summed E-state index contributed by atoms with van der Waals surface area (Å²) in [7, 11) is 0. The van der Waals surface area contributed by atoms with E-state index in [1.54, 1.807) is 0 Å². The third-order valence-corrected chi connectivity index (χ3v) is 7.02. The van der Waals surface area contributed by atoms with Gasteiger partial charge in [-0.3, -0.25) is 9.80 Å². The first-order chi connectivity index (χ1) is 13.8. The van der Waals surface area contributed by atoms with Crippen LogP contribution in [0.5, 0.6) is 0 Å². The molecule has 0 aliphatic carbocycles. The van der Waals surface area contributed by atoms with Crippen LogP contribution < -0.4 is 0 Å². The number of nitrogens with one attached hydrogen (secondary N) is 1. The van der Waals surface area contributed by atoms with Crippen molar-refractivity contribution in [1.82, 2.24) is 19.8 Å². The van der Waals surface area contributed by atoms with Gasteiger partial charge in [-0.25, -0.2) is 4.98 Å². The average Bonchev–Trinajstić information content (AvgIpc) is 3.41. The van der Waals surface area contributed by atoms with Crippen molar-refractivity contribution in [2.75, 3.05) is 32.8 Å². The predicted molar refractivity (Wildman–Crippen MR) is 107 cm³/mol. The quantitative estimate of drug-likeness (QED) is 0.873. The molecule has 152 valence electrons. The maximum Gasteiger partial charge on any atom is 0.133 e. The summed E-state index contributed by atoms with van der Waals surface area (Å²) < 4.78 is 12.0. The Labute approximate surface area is 167 Å². The zero-order valence-corrected chi connectivity index (χ0v) is 17.0. The van der Waals surface area contributed by atoms with Crippen molar-refractivity contribution in [2.24, 2.45) is 0 Å². The van der Waals surface area contributed by atoms with E-state index in [-0.39, 0.29) is 11.6 Å². The molecule has 5 rings (SSSR count). The summed E-state index contributed by atoms with van der Waals surface area (Å²) in [5.41, 5.74) is 2.76. The second-order valence-corrected chi connectivity index (χ2v) is 8.53. The van der Waals surface area contributed by atoms with Gasteiger partial charge in [-0.05, 0) is 50.8 Å². The van der Waals surface area contributed by atoms with Crippen LogP contribution in [0.3, 0.4) is 0 Å². The summed E-state index contributed by atoms with van der Waals surface area (Å²) in [6.45, 7) is 8.42. The highest BCUT2D eigenvalue weighted by atomic mass is 16.5. The van der Waals surface area contributed by atoms with Crippen molar-refractivity contribution in [3.63, 3.8) is 0 Å². The van der Waals surface area contributed by atoms with Gasteiger partial charge in [0, 0.05) is 38.4 Å². The molecule has 28 heavy (non-hydrogen) atoms. The highest BCUT2D eigenvalue weighted by Gasteiger charge is 2.45. The smallest absolute Gasteiger partial charge is 0.133 e. The molecule has 6 heteroatoms. The molecule has 1 spiro atoms. The topological polar surface area (TPSA) is 57.5 Å². The SMILES string of the molecule is CCN1CCc2[nH]cnc2C12CCN(Cc1ccc([C@H]3CCCCO3)o1)CC2. The molecular weight excluding hydrogens is 352 g/mol. The molecule has 3 aliphatic heterocycles. The van der Waals surface area contributed by atoms with Gasteiger partial charge in [-0.1, -0.05) is 6.92 Å². The standard InChI is InChI=1S/C22H32N4O2/c1-2-26-11-8-18-21(24-16-23-18)22(26)9-12-25(13-10-22)15-17-6-7-20(28-17)19-5-3-4-14-27-19/h6-7,16,19H,2-5,8-15H2,1H3,(H,23,24)/t19-/m1/s1. The molecule has 2 fully saturated rings. The summed E-state index contributed by atoms with van der Waals surface area (Å²) in [4.78, 5) is 13.3. The van der Waals surface area contributed by atoms with Gasteiger partial charge in [-0.2, -0.15) is 0 Å². The maximum atomic E-state index is 6.15. The third kappa shape index (κ3) is 3.21. The summed E-state index contributed by atoms with van der Waals surface area (Å²) in [6, 6.07) is 4.26. The Morgan fingerprint density at radius 1 is 1.21 bits per heavy atom. The summed E-state index contributed by atoms with van der Waals surface area (Å²) >= 11 is 0. The van der Waals surface area contributed by atoms with Gasteiger partial charge in [0.05, 0.1) is 24.1 Å². The Kier molecular flexibility index (Phi) is 5.03. The lowest BCUT2D eigenvalue weighted by Gasteiger charge is -2.50. The number of likely N-dealkylation sites (N-methyl/N-ethyl adjacent to an activating group) is 1. The fourth-order valence-electron chi connectivity index (χ4n) is 5.46. The van der Waals surface area contributed by atoms with E-state index >= 15 is 0 Å². The molecule has 2 aromatic rings. The zero-order chi connectivity index (χ0) is 19.0.